The van der Waals surface area contributed by atoms with Crippen LogP contribution < -0.4 is 4.74 Å². The van der Waals surface area contributed by atoms with Crippen molar-refractivity contribution in [2.24, 2.45) is 0 Å². The van der Waals surface area contributed by atoms with Gasteiger partial charge < -0.3 is 24.6 Å². The number of nitrogens with zero attached hydrogens (tertiary/aromatic N) is 2. The molecule has 0 bridgehead atoms. The Hall–Kier alpha value is -3.32. The van der Waals surface area contributed by atoms with E-state index in [1.807, 2.05) is 48.5 Å². The Morgan fingerprint density at radius 1 is 1.19 bits per heavy atom. The molecular weight excluding hydrogens is 394 g/mol. The molecule has 0 aliphatic carbocycles. The zero-order valence-electron chi connectivity index (χ0n) is 17.6. The fraction of sp³-hybridized carbons (Fsp3) is 0.333. The summed E-state index contributed by atoms with van der Waals surface area (Å²) in [6, 6.07) is 15.0. The summed E-state index contributed by atoms with van der Waals surface area (Å²) in [5.74, 6) is 0.464. The molecule has 3 heterocycles. The molecule has 31 heavy (non-hydrogen) atoms. The Morgan fingerprint density at radius 3 is 2.71 bits per heavy atom. The number of hydrogen-bond donors (Lipinski definition) is 2. The fourth-order valence-electron chi connectivity index (χ4n) is 4.97. The van der Waals surface area contributed by atoms with Gasteiger partial charge in [-0.15, -0.1) is 0 Å². The van der Waals surface area contributed by atoms with E-state index in [0.29, 0.717) is 13.0 Å². The molecule has 0 radical (unpaired) electrons. The van der Waals surface area contributed by atoms with Crippen molar-refractivity contribution in [1.29, 1.82) is 0 Å². The Kier molecular flexibility index (Phi) is 4.51. The maximum absolute atomic E-state index is 13.7. The van der Waals surface area contributed by atoms with E-state index in [1.165, 1.54) is 4.90 Å². The van der Waals surface area contributed by atoms with E-state index in [4.69, 9.17) is 4.74 Å². The molecule has 2 aliphatic heterocycles. The molecule has 2 atom stereocenters. The summed E-state index contributed by atoms with van der Waals surface area (Å²) < 4.78 is 5.37. The highest BCUT2D eigenvalue weighted by Gasteiger charge is 2.54. The summed E-state index contributed by atoms with van der Waals surface area (Å²) >= 11 is 0. The predicted molar refractivity (Wildman–Crippen MR) is 116 cm³/mol. The van der Waals surface area contributed by atoms with Crippen LogP contribution in [0.3, 0.4) is 0 Å². The molecule has 0 spiro atoms. The third kappa shape index (κ3) is 2.91. The number of piperazine rings is 1. The van der Waals surface area contributed by atoms with Crippen molar-refractivity contribution in [2.45, 2.75) is 25.0 Å². The quantitative estimate of drug-likeness (QED) is 0.680. The summed E-state index contributed by atoms with van der Waals surface area (Å²) in [6.45, 7) is 2.33. The second kappa shape index (κ2) is 7.13. The first kappa shape index (κ1) is 19.6. The number of fused-ring (bicyclic) bond motifs is 5. The molecule has 1 saturated heterocycles. The number of carbonyl (C=O) groups excluding carboxylic acids is 2. The first-order chi connectivity index (χ1) is 14.9. The molecule has 2 aromatic carbocycles. The predicted octanol–water partition coefficient (Wildman–Crippen LogP) is 2.35. The molecule has 1 fully saturated rings. The number of nitrogens with one attached hydrogen (secondary N) is 1. The van der Waals surface area contributed by atoms with Gasteiger partial charge in [-0.25, -0.2) is 0 Å². The van der Waals surface area contributed by atoms with Crippen molar-refractivity contribution < 1.29 is 19.4 Å². The van der Waals surface area contributed by atoms with Crippen molar-refractivity contribution >= 4 is 22.7 Å². The Labute approximate surface area is 180 Å². The van der Waals surface area contributed by atoms with Gasteiger partial charge in [0.1, 0.15) is 5.75 Å². The number of benzene rings is 2. The number of ether oxygens (including phenoxy) is 1. The smallest absolute Gasteiger partial charge is 0.255 e. The number of aromatic nitrogens is 1. The number of β-amino-alcohol motifs (C(OH)–C–C–N with tert-alkyl or cyclic N) is 1. The molecule has 0 unspecified atom stereocenters. The average Bonchev–Trinajstić information content (AvgIpc) is 3.17. The highest BCUT2D eigenvalue weighted by molar-refractivity contribution is 6.00. The van der Waals surface area contributed by atoms with Crippen LogP contribution in [0.4, 0.5) is 0 Å². The third-order valence-electron chi connectivity index (χ3n) is 6.63. The first-order valence-electron chi connectivity index (χ1n) is 10.5. The fourth-order valence-corrected chi connectivity index (χ4v) is 4.97. The molecule has 2 aliphatic rings. The van der Waals surface area contributed by atoms with Crippen LogP contribution in [0.5, 0.6) is 5.75 Å². The van der Waals surface area contributed by atoms with Crippen LogP contribution in [0.2, 0.25) is 0 Å². The zero-order chi connectivity index (χ0) is 21.8. The lowest BCUT2D eigenvalue weighted by Crippen LogP contribution is -2.67. The lowest BCUT2D eigenvalue weighted by Gasteiger charge is -2.49. The van der Waals surface area contributed by atoms with Gasteiger partial charge in [0.05, 0.1) is 32.0 Å². The van der Waals surface area contributed by atoms with Gasteiger partial charge in [-0.3, -0.25) is 9.59 Å². The van der Waals surface area contributed by atoms with Crippen LogP contribution in [-0.2, 0) is 21.5 Å². The van der Waals surface area contributed by atoms with Crippen LogP contribution >= 0.6 is 0 Å². The first-order valence-corrected chi connectivity index (χ1v) is 10.5. The van der Waals surface area contributed by atoms with Crippen LogP contribution in [0.15, 0.2) is 48.5 Å². The Balaban J connectivity index is 1.54. The van der Waals surface area contributed by atoms with Gasteiger partial charge in [-0.2, -0.15) is 0 Å². The van der Waals surface area contributed by atoms with E-state index in [-0.39, 0.29) is 24.9 Å². The maximum atomic E-state index is 13.7. The second-order valence-corrected chi connectivity index (χ2v) is 8.37. The summed E-state index contributed by atoms with van der Waals surface area (Å²) in [4.78, 5) is 33.3. The number of aliphatic hydroxyl groups excluding tert-OH is 1. The van der Waals surface area contributed by atoms with Crippen molar-refractivity contribution in [1.82, 2.24) is 14.8 Å². The molecule has 5 rings (SSSR count). The van der Waals surface area contributed by atoms with Gasteiger partial charge >= 0.3 is 0 Å². The summed E-state index contributed by atoms with van der Waals surface area (Å²) in [7, 11) is 1.63. The number of aromatic amines is 1. The SMILES string of the molecule is COc1ccc2[nH]c3c(c2c1)CCN1C(=O)CN(C[C@H](O)c2ccccc2)C(=O)[C@]31C. The summed E-state index contributed by atoms with van der Waals surface area (Å²) in [6.07, 6.45) is -0.188. The molecule has 0 saturated carbocycles. The molecule has 3 aromatic rings. The monoisotopic (exact) mass is 419 g/mol. The van der Waals surface area contributed by atoms with E-state index in [0.717, 1.165) is 33.5 Å². The largest absolute Gasteiger partial charge is 0.497 e. The van der Waals surface area contributed by atoms with Gasteiger partial charge in [0, 0.05) is 17.4 Å². The minimum Gasteiger partial charge on any atom is -0.497 e. The molecule has 2 amide bonds. The van der Waals surface area contributed by atoms with Gasteiger partial charge in [0.15, 0.2) is 5.54 Å². The third-order valence-corrected chi connectivity index (χ3v) is 6.63. The molecular formula is C24H25N3O4. The van der Waals surface area contributed by atoms with E-state index < -0.39 is 11.6 Å². The van der Waals surface area contributed by atoms with Gasteiger partial charge in [-0.05, 0) is 42.7 Å². The molecule has 7 heteroatoms. The number of H-pyrrole nitrogens is 1. The zero-order valence-corrected chi connectivity index (χ0v) is 17.6. The van der Waals surface area contributed by atoms with Crippen molar-refractivity contribution in [3.05, 3.63) is 65.4 Å². The van der Waals surface area contributed by atoms with Gasteiger partial charge in [-0.1, -0.05) is 30.3 Å². The highest BCUT2D eigenvalue weighted by Crippen LogP contribution is 2.42. The number of amides is 2. The normalized spacial score (nSPS) is 21.8. The van der Waals surface area contributed by atoms with E-state index in [1.54, 1.807) is 18.9 Å². The standard InChI is InChI=1S/C24H25N3O4/c1-24-22-17(18-12-16(31-2)8-9-19(18)25-22)10-11-27(24)21(29)14-26(23(24)30)13-20(28)15-6-4-3-5-7-15/h3-9,12,20,25,28H,10-11,13-14H2,1-2H3/t20-,24-/m0/s1. The average molecular weight is 419 g/mol. The number of aliphatic hydroxyl groups is 1. The topological polar surface area (TPSA) is 85.9 Å². The second-order valence-electron chi connectivity index (χ2n) is 8.37. The number of rotatable bonds is 4. The number of methoxy groups -OCH3 is 1. The highest BCUT2D eigenvalue weighted by atomic mass is 16.5. The molecule has 1 aromatic heterocycles. The van der Waals surface area contributed by atoms with Gasteiger partial charge in [0.25, 0.3) is 5.91 Å². The minimum absolute atomic E-state index is 0.0261. The van der Waals surface area contributed by atoms with E-state index >= 15 is 0 Å². The lowest BCUT2D eigenvalue weighted by molar-refractivity contribution is -0.167. The van der Waals surface area contributed by atoms with E-state index in [2.05, 4.69) is 4.98 Å². The summed E-state index contributed by atoms with van der Waals surface area (Å²) in [5.41, 5.74) is 2.29. The van der Waals surface area contributed by atoms with Crippen LogP contribution in [0, 0.1) is 0 Å². The van der Waals surface area contributed by atoms with Gasteiger partial charge in [0.2, 0.25) is 5.91 Å². The van der Waals surface area contributed by atoms with Crippen LogP contribution in [0.1, 0.15) is 29.8 Å². The number of hydrogen-bond acceptors (Lipinski definition) is 4. The minimum atomic E-state index is -1.13. The van der Waals surface area contributed by atoms with Crippen molar-refractivity contribution in [3.63, 3.8) is 0 Å². The molecule has 160 valence electrons. The van der Waals surface area contributed by atoms with E-state index in [9.17, 15) is 14.7 Å². The van der Waals surface area contributed by atoms with Crippen LogP contribution in [0.25, 0.3) is 10.9 Å². The van der Waals surface area contributed by atoms with Crippen molar-refractivity contribution in [2.75, 3.05) is 26.7 Å². The van der Waals surface area contributed by atoms with Crippen molar-refractivity contribution in [3.8, 4) is 5.75 Å². The van der Waals surface area contributed by atoms with Crippen LogP contribution in [-0.4, -0.2) is 58.4 Å². The molecule has 7 nitrogen and oxygen atoms in total. The maximum Gasteiger partial charge on any atom is 0.255 e. The summed E-state index contributed by atoms with van der Waals surface area (Å²) in [5, 5.41) is 11.7. The number of carbonyl (C=O) groups is 2. The Bertz CT molecular complexity index is 1170. The lowest BCUT2D eigenvalue weighted by atomic mass is 9.83. The molecule has 2 N–H and O–H groups in total. The Morgan fingerprint density at radius 2 is 1.97 bits per heavy atom.